The molecule has 2 N–H and O–H groups in total. The van der Waals surface area contributed by atoms with Gasteiger partial charge in [0.2, 0.25) is 5.91 Å². The Labute approximate surface area is 120 Å². The fourth-order valence-corrected chi connectivity index (χ4v) is 1.87. The van der Waals surface area contributed by atoms with Crippen molar-refractivity contribution in [2.45, 2.75) is 41.2 Å². The maximum atomic E-state index is 12.1. The number of amides is 1. The van der Waals surface area contributed by atoms with E-state index in [4.69, 9.17) is 0 Å². The first-order chi connectivity index (χ1) is 9.18. The Hall–Kier alpha value is -1.78. The Morgan fingerprint density at radius 1 is 1.35 bits per heavy atom. The van der Waals surface area contributed by atoms with Gasteiger partial charge in [0, 0.05) is 30.8 Å². The van der Waals surface area contributed by atoms with Crippen LogP contribution in [0.1, 0.15) is 39.0 Å². The summed E-state index contributed by atoms with van der Waals surface area (Å²) in [6, 6.07) is 1.60. The van der Waals surface area contributed by atoms with Crippen LogP contribution >= 0.6 is 0 Å². The normalized spacial score (nSPS) is 11.3. The van der Waals surface area contributed by atoms with E-state index in [1.54, 1.807) is 6.07 Å². The van der Waals surface area contributed by atoms with E-state index in [1.165, 1.54) is 0 Å². The number of aromatic nitrogens is 1. The fraction of sp³-hybridized carbons (Fsp3) is 0.600. The summed E-state index contributed by atoms with van der Waals surface area (Å²) in [5, 5.41) is 6.03. The number of carbonyl (C=O) groups excluding carboxylic acids is 1. The number of pyridine rings is 1. The largest absolute Gasteiger partial charge is 0.371 e. The van der Waals surface area contributed by atoms with Crippen molar-refractivity contribution in [1.29, 1.82) is 0 Å². The first-order valence-corrected chi connectivity index (χ1v) is 6.90. The van der Waals surface area contributed by atoms with Crippen molar-refractivity contribution >= 4 is 11.7 Å². The highest BCUT2D eigenvalue weighted by Gasteiger charge is 2.21. The minimum atomic E-state index is -0.464. The molecule has 0 saturated heterocycles. The highest BCUT2D eigenvalue weighted by molar-refractivity contribution is 5.81. The van der Waals surface area contributed by atoms with Gasteiger partial charge in [-0.3, -0.25) is 9.59 Å². The molecule has 0 aliphatic carbocycles. The summed E-state index contributed by atoms with van der Waals surface area (Å²) in [5.41, 5.74) is 0.967. The Kier molecular flexibility index (Phi) is 4.98. The second kappa shape index (κ2) is 6.11. The molecule has 0 fully saturated rings. The van der Waals surface area contributed by atoms with E-state index >= 15 is 0 Å². The van der Waals surface area contributed by atoms with Gasteiger partial charge in [-0.25, -0.2) is 0 Å². The van der Waals surface area contributed by atoms with E-state index in [2.05, 4.69) is 10.6 Å². The zero-order chi connectivity index (χ0) is 15.5. The molecule has 0 atom stereocenters. The number of rotatable bonds is 4. The van der Waals surface area contributed by atoms with Crippen LogP contribution in [0.5, 0.6) is 0 Å². The Morgan fingerprint density at radius 2 is 1.95 bits per heavy atom. The maximum absolute atomic E-state index is 12.1. The molecule has 0 unspecified atom stereocenters. The summed E-state index contributed by atoms with van der Waals surface area (Å²) in [6.07, 6.45) is 0. The van der Waals surface area contributed by atoms with Gasteiger partial charge in [0.15, 0.2) is 5.43 Å². The lowest BCUT2D eigenvalue weighted by Crippen LogP contribution is -2.36. The molecule has 1 rings (SSSR count). The Bertz CT molecular complexity index is 553. The second-order valence-electron chi connectivity index (χ2n) is 6.00. The van der Waals surface area contributed by atoms with Crippen LogP contribution < -0.4 is 16.1 Å². The molecule has 0 aliphatic rings. The number of carbonyl (C=O) groups is 1. The van der Waals surface area contributed by atoms with Crippen LogP contribution in [0.3, 0.4) is 0 Å². The molecule has 1 heterocycles. The van der Waals surface area contributed by atoms with Crippen LogP contribution in [-0.4, -0.2) is 17.0 Å². The molecule has 20 heavy (non-hydrogen) atoms. The van der Waals surface area contributed by atoms with Crippen molar-refractivity contribution in [3.05, 3.63) is 27.5 Å². The third-order valence-electron chi connectivity index (χ3n) is 3.24. The Balaban J connectivity index is 3.09. The number of nitrogens with one attached hydrogen (secondary N) is 2. The summed E-state index contributed by atoms with van der Waals surface area (Å²) in [7, 11) is 1.90. The zero-order valence-electron chi connectivity index (χ0n) is 13.3. The molecule has 5 nitrogen and oxygen atoms in total. The molecular weight excluding hydrogens is 254 g/mol. The van der Waals surface area contributed by atoms with Crippen LogP contribution in [0.15, 0.2) is 10.9 Å². The van der Waals surface area contributed by atoms with Gasteiger partial charge in [-0.15, -0.1) is 0 Å². The lowest BCUT2D eigenvalue weighted by Gasteiger charge is -2.20. The zero-order valence-corrected chi connectivity index (χ0v) is 13.3. The molecule has 0 aromatic carbocycles. The maximum Gasteiger partial charge on any atom is 0.225 e. The van der Waals surface area contributed by atoms with Crippen LogP contribution in [0.25, 0.3) is 0 Å². The smallest absolute Gasteiger partial charge is 0.225 e. The van der Waals surface area contributed by atoms with Gasteiger partial charge in [-0.2, -0.15) is 0 Å². The summed E-state index contributed by atoms with van der Waals surface area (Å²) < 4.78 is 1.93. The standard InChI is InChI=1S/C15H25N3O2/c1-7-16-13-11(9-17-14(20)15(3,4)5)12(19)8-10(2)18(13)6/h8,16H,7,9H2,1-6H3,(H,17,20). The number of anilines is 1. The van der Waals surface area contributed by atoms with Gasteiger partial charge >= 0.3 is 0 Å². The molecule has 0 aliphatic heterocycles. The predicted octanol–water partition coefficient (Wildman–Crippen LogP) is 1.79. The molecule has 0 radical (unpaired) electrons. The molecule has 5 heteroatoms. The van der Waals surface area contributed by atoms with E-state index < -0.39 is 5.41 Å². The van der Waals surface area contributed by atoms with Gasteiger partial charge in [0.1, 0.15) is 5.82 Å². The summed E-state index contributed by atoms with van der Waals surface area (Å²) in [5.74, 6) is 0.703. The van der Waals surface area contributed by atoms with Gasteiger partial charge in [0.25, 0.3) is 0 Å². The third-order valence-corrected chi connectivity index (χ3v) is 3.24. The van der Waals surface area contributed by atoms with Crippen LogP contribution in [0, 0.1) is 12.3 Å². The topological polar surface area (TPSA) is 63.1 Å². The average molecular weight is 279 g/mol. The molecule has 112 valence electrons. The van der Waals surface area contributed by atoms with Crippen LogP contribution in [-0.2, 0) is 18.4 Å². The van der Waals surface area contributed by atoms with E-state index in [1.807, 2.05) is 46.2 Å². The summed E-state index contributed by atoms with van der Waals surface area (Å²) in [4.78, 5) is 24.1. The molecular formula is C15H25N3O2. The van der Waals surface area contributed by atoms with Crippen LogP contribution in [0.4, 0.5) is 5.82 Å². The third kappa shape index (κ3) is 3.62. The lowest BCUT2D eigenvalue weighted by atomic mass is 9.95. The molecule has 0 bridgehead atoms. The van der Waals surface area contributed by atoms with E-state index in [0.29, 0.717) is 5.56 Å². The monoisotopic (exact) mass is 279 g/mol. The number of hydrogen-bond acceptors (Lipinski definition) is 3. The minimum absolute atomic E-state index is 0.0502. The SMILES string of the molecule is CCNc1c(CNC(=O)C(C)(C)C)c(=O)cc(C)n1C. The highest BCUT2D eigenvalue weighted by atomic mass is 16.2. The van der Waals surface area contributed by atoms with Gasteiger partial charge < -0.3 is 15.2 Å². The van der Waals surface area contributed by atoms with Crippen molar-refractivity contribution in [2.24, 2.45) is 12.5 Å². The summed E-state index contributed by atoms with van der Waals surface area (Å²) >= 11 is 0. The van der Waals surface area contributed by atoms with Crippen molar-refractivity contribution < 1.29 is 4.79 Å². The van der Waals surface area contributed by atoms with Gasteiger partial charge in [-0.05, 0) is 13.8 Å². The van der Waals surface area contributed by atoms with E-state index in [9.17, 15) is 9.59 Å². The average Bonchev–Trinajstić information content (AvgIpc) is 2.33. The molecule has 1 aromatic heterocycles. The van der Waals surface area contributed by atoms with Crippen LogP contribution in [0.2, 0.25) is 0 Å². The van der Waals surface area contributed by atoms with Crippen molar-refractivity contribution in [3.8, 4) is 0 Å². The first kappa shape index (κ1) is 16.3. The molecule has 0 saturated carbocycles. The van der Waals surface area contributed by atoms with E-state index in [0.717, 1.165) is 18.1 Å². The minimum Gasteiger partial charge on any atom is -0.371 e. The highest BCUT2D eigenvalue weighted by Crippen LogP contribution is 2.15. The molecule has 1 amide bonds. The predicted molar refractivity (Wildman–Crippen MR) is 81.9 cm³/mol. The lowest BCUT2D eigenvalue weighted by molar-refractivity contribution is -0.128. The molecule has 1 aromatic rings. The van der Waals surface area contributed by atoms with E-state index in [-0.39, 0.29) is 17.9 Å². The van der Waals surface area contributed by atoms with Gasteiger partial charge in [-0.1, -0.05) is 20.8 Å². The Morgan fingerprint density at radius 3 is 2.45 bits per heavy atom. The quantitative estimate of drug-likeness (QED) is 0.883. The van der Waals surface area contributed by atoms with Gasteiger partial charge in [0.05, 0.1) is 12.1 Å². The van der Waals surface area contributed by atoms with Crippen molar-refractivity contribution in [1.82, 2.24) is 9.88 Å². The number of aryl methyl sites for hydroxylation is 1. The first-order valence-electron chi connectivity index (χ1n) is 6.90. The van der Waals surface area contributed by atoms with Crippen molar-refractivity contribution in [2.75, 3.05) is 11.9 Å². The number of nitrogens with zero attached hydrogens (tertiary/aromatic N) is 1. The summed E-state index contributed by atoms with van der Waals surface area (Å²) in [6.45, 7) is 10.4. The number of hydrogen-bond donors (Lipinski definition) is 2. The molecule has 0 spiro atoms. The van der Waals surface area contributed by atoms with Crippen molar-refractivity contribution in [3.63, 3.8) is 0 Å². The fourth-order valence-electron chi connectivity index (χ4n) is 1.87. The second-order valence-corrected chi connectivity index (χ2v) is 6.00.